The van der Waals surface area contributed by atoms with E-state index in [-0.39, 0.29) is 5.91 Å². The smallest absolute Gasteiger partial charge is 0.227 e. The first kappa shape index (κ1) is 19.7. The number of rotatable bonds is 7. The highest BCUT2D eigenvalue weighted by Crippen LogP contribution is 2.14. The average molecular weight is 349 g/mol. The SMILES string of the molecule is Cc1ccc(C)c(CC(=O)N(CCN(C)C)Cc2ccc(C#N)cc2)c1. The molecule has 0 aromatic heterocycles. The molecule has 0 N–H and O–H groups in total. The predicted octanol–water partition coefficient (Wildman–Crippen LogP) is 3.31. The van der Waals surface area contributed by atoms with Crippen LogP contribution < -0.4 is 0 Å². The summed E-state index contributed by atoms with van der Waals surface area (Å²) >= 11 is 0. The number of hydrogen-bond acceptors (Lipinski definition) is 3. The zero-order chi connectivity index (χ0) is 19.1. The first-order valence-corrected chi connectivity index (χ1v) is 8.86. The molecule has 2 aromatic rings. The Bertz CT molecular complexity index is 788. The maximum atomic E-state index is 13.0. The van der Waals surface area contributed by atoms with Crippen LogP contribution in [0.1, 0.15) is 27.8 Å². The fraction of sp³-hybridized carbons (Fsp3) is 0.364. The largest absolute Gasteiger partial charge is 0.337 e. The second kappa shape index (κ2) is 9.17. The molecular weight excluding hydrogens is 322 g/mol. The van der Waals surface area contributed by atoms with Crippen molar-refractivity contribution >= 4 is 5.91 Å². The van der Waals surface area contributed by atoms with Crippen LogP contribution in [-0.4, -0.2) is 42.9 Å². The molecule has 0 saturated carbocycles. The van der Waals surface area contributed by atoms with Crippen LogP contribution in [0.15, 0.2) is 42.5 Å². The third-order valence-electron chi connectivity index (χ3n) is 4.47. The van der Waals surface area contributed by atoms with Gasteiger partial charge in [-0.15, -0.1) is 0 Å². The van der Waals surface area contributed by atoms with E-state index in [1.807, 2.05) is 45.0 Å². The lowest BCUT2D eigenvalue weighted by Crippen LogP contribution is -2.37. The van der Waals surface area contributed by atoms with Crippen LogP contribution in [0.25, 0.3) is 0 Å². The molecule has 0 unspecified atom stereocenters. The Labute approximate surface area is 156 Å². The van der Waals surface area contributed by atoms with E-state index >= 15 is 0 Å². The number of likely N-dealkylation sites (N-methyl/N-ethyl adjacent to an activating group) is 1. The average Bonchev–Trinajstić information content (AvgIpc) is 2.62. The first-order valence-electron chi connectivity index (χ1n) is 8.86. The Kier molecular flexibility index (Phi) is 6.94. The minimum absolute atomic E-state index is 0.130. The molecule has 1 amide bonds. The van der Waals surface area contributed by atoms with Gasteiger partial charge >= 0.3 is 0 Å². The maximum absolute atomic E-state index is 13.0. The highest BCUT2D eigenvalue weighted by atomic mass is 16.2. The zero-order valence-electron chi connectivity index (χ0n) is 16.1. The number of amides is 1. The minimum Gasteiger partial charge on any atom is -0.337 e. The van der Waals surface area contributed by atoms with Gasteiger partial charge in [-0.3, -0.25) is 4.79 Å². The number of nitrogens with zero attached hydrogens (tertiary/aromatic N) is 3. The summed E-state index contributed by atoms with van der Waals surface area (Å²) in [5, 5.41) is 8.94. The highest BCUT2D eigenvalue weighted by molar-refractivity contribution is 5.79. The second-order valence-corrected chi connectivity index (χ2v) is 7.03. The molecule has 0 atom stereocenters. The molecule has 2 aromatic carbocycles. The number of aryl methyl sites for hydroxylation is 2. The molecule has 4 nitrogen and oxygen atoms in total. The van der Waals surface area contributed by atoms with Crippen molar-refractivity contribution < 1.29 is 4.79 Å². The van der Waals surface area contributed by atoms with Crippen LogP contribution >= 0.6 is 0 Å². The lowest BCUT2D eigenvalue weighted by molar-refractivity contribution is -0.131. The van der Waals surface area contributed by atoms with Crippen molar-refractivity contribution in [2.45, 2.75) is 26.8 Å². The van der Waals surface area contributed by atoms with E-state index in [9.17, 15) is 4.79 Å². The van der Waals surface area contributed by atoms with Gasteiger partial charge in [0.05, 0.1) is 18.1 Å². The van der Waals surface area contributed by atoms with E-state index < -0.39 is 0 Å². The van der Waals surface area contributed by atoms with Crippen molar-refractivity contribution in [1.29, 1.82) is 5.26 Å². The van der Waals surface area contributed by atoms with Crippen LogP contribution in [-0.2, 0) is 17.8 Å². The fourth-order valence-corrected chi connectivity index (χ4v) is 2.78. The first-order chi connectivity index (χ1) is 12.4. The monoisotopic (exact) mass is 349 g/mol. The summed E-state index contributed by atoms with van der Waals surface area (Å²) in [4.78, 5) is 17.0. The van der Waals surface area contributed by atoms with Gasteiger partial charge in [-0.1, -0.05) is 35.9 Å². The highest BCUT2D eigenvalue weighted by Gasteiger charge is 2.16. The van der Waals surface area contributed by atoms with Gasteiger partial charge in [-0.05, 0) is 56.8 Å². The normalized spacial score (nSPS) is 10.6. The van der Waals surface area contributed by atoms with Crippen LogP contribution in [0.4, 0.5) is 0 Å². The molecule has 0 bridgehead atoms. The Morgan fingerprint density at radius 2 is 1.73 bits per heavy atom. The van der Waals surface area contributed by atoms with Crippen LogP contribution in [0, 0.1) is 25.2 Å². The van der Waals surface area contributed by atoms with Crippen molar-refractivity contribution in [3.63, 3.8) is 0 Å². The van der Waals surface area contributed by atoms with E-state index in [0.29, 0.717) is 25.1 Å². The van der Waals surface area contributed by atoms with Crippen LogP contribution in [0.3, 0.4) is 0 Å². The van der Waals surface area contributed by atoms with Crippen molar-refractivity contribution in [1.82, 2.24) is 9.80 Å². The summed E-state index contributed by atoms with van der Waals surface area (Å²) in [6.45, 7) is 6.15. The van der Waals surface area contributed by atoms with E-state index in [0.717, 1.165) is 23.2 Å². The lowest BCUT2D eigenvalue weighted by atomic mass is 10.0. The summed E-state index contributed by atoms with van der Waals surface area (Å²) in [5.41, 5.74) is 5.08. The summed E-state index contributed by atoms with van der Waals surface area (Å²) in [5.74, 6) is 0.130. The van der Waals surface area contributed by atoms with E-state index in [4.69, 9.17) is 5.26 Å². The fourth-order valence-electron chi connectivity index (χ4n) is 2.78. The van der Waals surface area contributed by atoms with Crippen LogP contribution in [0.5, 0.6) is 0 Å². The second-order valence-electron chi connectivity index (χ2n) is 7.03. The van der Waals surface area contributed by atoms with Gasteiger partial charge in [-0.25, -0.2) is 0 Å². The molecule has 0 aliphatic rings. The summed E-state index contributed by atoms with van der Waals surface area (Å²) in [7, 11) is 4.02. The Morgan fingerprint density at radius 1 is 1.04 bits per heavy atom. The van der Waals surface area contributed by atoms with Gasteiger partial charge in [0, 0.05) is 19.6 Å². The van der Waals surface area contributed by atoms with Crippen molar-refractivity contribution in [2.75, 3.05) is 27.2 Å². The Morgan fingerprint density at radius 3 is 2.35 bits per heavy atom. The molecule has 0 radical (unpaired) electrons. The number of carbonyl (C=O) groups excluding carboxylic acids is 1. The molecule has 0 aliphatic heterocycles. The van der Waals surface area contributed by atoms with E-state index in [1.54, 1.807) is 12.1 Å². The van der Waals surface area contributed by atoms with Crippen LogP contribution in [0.2, 0.25) is 0 Å². The molecule has 2 rings (SSSR count). The number of hydrogen-bond donors (Lipinski definition) is 0. The summed E-state index contributed by atoms with van der Waals surface area (Å²) in [6, 6.07) is 15.8. The molecule has 0 saturated heterocycles. The number of carbonyl (C=O) groups is 1. The molecule has 0 aliphatic carbocycles. The third-order valence-corrected chi connectivity index (χ3v) is 4.47. The maximum Gasteiger partial charge on any atom is 0.227 e. The predicted molar refractivity (Wildman–Crippen MR) is 105 cm³/mol. The number of benzene rings is 2. The van der Waals surface area contributed by atoms with Gasteiger partial charge in [0.1, 0.15) is 0 Å². The summed E-state index contributed by atoms with van der Waals surface area (Å²) < 4.78 is 0. The quantitative estimate of drug-likeness (QED) is 0.770. The molecular formula is C22H27N3O. The molecule has 26 heavy (non-hydrogen) atoms. The van der Waals surface area contributed by atoms with Gasteiger partial charge in [0.25, 0.3) is 0 Å². The molecule has 136 valence electrons. The van der Waals surface area contributed by atoms with Crippen molar-refractivity contribution in [3.8, 4) is 6.07 Å². The molecule has 0 heterocycles. The van der Waals surface area contributed by atoms with Crippen molar-refractivity contribution in [3.05, 3.63) is 70.3 Å². The lowest BCUT2D eigenvalue weighted by Gasteiger charge is -2.25. The minimum atomic E-state index is 0.130. The molecule has 4 heteroatoms. The van der Waals surface area contributed by atoms with Gasteiger partial charge in [0.15, 0.2) is 0 Å². The van der Waals surface area contributed by atoms with Gasteiger partial charge in [-0.2, -0.15) is 5.26 Å². The van der Waals surface area contributed by atoms with E-state index in [1.165, 1.54) is 5.56 Å². The topological polar surface area (TPSA) is 47.3 Å². The third kappa shape index (κ3) is 5.72. The van der Waals surface area contributed by atoms with Crippen molar-refractivity contribution in [2.24, 2.45) is 0 Å². The van der Waals surface area contributed by atoms with Gasteiger partial charge < -0.3 is 9.80 Å². The number of nitriles is 1. The summed E-state index contributed by atoms with van der Waals surface area (Å²) in [6.07, 6.45) is 0.414. The van der Waals surface area contributed by atoms with Gasteiger partial charge in [0.2, 0.25) is 5.91 Å². The van der Waals surface area contributed by atoms with E-state index in [2.05, 4.69) is 29.2 Å². The Balaban J connectivity index is 2.15. The standard InChI is InChI=1S/C22H27N3O/c1-17-5-6-18(2)21(13-17)14-22(26)25(12-11-24(3)4)16-20-9-7-19(15-23)8-10-20/h5-10,13H,11-12,14,16H2,1-4H3. The Hall–Kier alpha value is -2.64. The zero-order valence-corrected chi connectivity index (χ0v) is 16.1. The molecule has 0 fully saturated rings. The molecule has 0 spiro atoms.